The molecule has 0 fully saturated rings. The predicted molar refractivity (Wildman–Crippen MR) is 339 cm³/mol. The zero-order valence-corrected chi connectivity index (χ0v) is 54.6. The normalized spacial score (nSPS) is 12.2. The Hall–Kier alpha value is -4.19. The summed E-state index contributed by atoms with van der Waals surface area (Å²) in [5.41, 5.74) is 2.33. The van der Waals surface area contributed by atoms with Crippen molar-refractivity contribution in [3.63, 3.8) is 0 Å². The molecule has 1 amide bonds. The van der Waals surface area contributed by atoms with Crippen LogP contribution in [-0.4, -0.2) is 138 Å². The smallest absolute Gasteiger partial charge is 0.224 e. The highest BCUT2D eigenvalue weighted by Crippen LogP contribution is 2.13. The molecule has 0 spiro atoms. The Morgan fingerprint density at radius 1 is 0.373 bits per heavy atom. The summed E-state index contributed by atoms with van der Waals surface area (Å²) in [6.07, 6.45) is 27.5. The van der Waals surface area contributed by atoms with E-state index >= 15 is 0 Å². The van der Waals surface area contributed by atoms with Crippen molar-refractivity contribution in [2.45, 2.75) is 279 Å². The lowest BCUT2D eigenvalue weighted by Gasteiger charge is -2.12. The number of benzene rings is 1. The first kappa shape index (κ1) is 83.0. The van der Waals surface area contributed by atoms with Gasteiger partial charge in [0.05, 0.1) is 50.4 Å². The number of amides is 1. The fourth-order valence-corrected chi connectivity index (χ4v) is 8.96. The largest absolute Gasteiger partial charge is 0.379 e. The van der Waals surface area contributed by atoms with Crippen LogP contribution in [-0.2, 0) is 65.5 Å². The minimum Gasteiger partial charge on any atom is -0.379 e. The number of carbonyl (C=O) groups excluding carboxylic acids is 9. The number of rotatable bonds is 52. The quantitative estimate of drug-likeness (QED) is 0.0382. The molecule has 1 aromatic rings. The molecule has 4 unspecified atom stereocenters. The maximum atomic E-state index is 11.9. The van der Waals surface area contributed by atoms with Gasteiger partial charge >= 0.3 is 0 Å². The number of unbranched alkanes of at least 4 members (excludes halogenated alkanes) is 12. The van der Waals surface area contributed by atoms with Crippen molar-refractivity contribution in [3.8, 4) is 0 Å². The third kappa shape index (κ3) is 55.4. The van der Waals surface area contributed by atoms with Crippen LogP contribution in [0.15, 0.2) is 24.3 Å². The standard InChI is InChI=1S/C18H28N2O2.C18H35NO4.C17H33NO2.C14H25NO3/c1-4-15-8-10-16(11-9-15)13-18(22)20-12-6-5-7-17(19-3)14(2)21;1-4-5-12-22-14-15-23-13-11-17(21)9-7-6-8-10-18(19-3)16(2)20;1-4-5-6-7-9-12-16(20)13-10-8-11-14-17(18-3)15(2)19;1-11(16)9-10-13(18)7-5-4-6-8-14(15-3)12(2)17/h8-11,17,19H,4-7,12-13H2,1-3H3,(H,20,22);18-19H,4-15H2,1-3H3;17-18H,4-14H2,1-3H3;14-15H,4-10H2,1-3H3. The summed E-state index contributed by atoms with van der Waals surface area (Å²) in [5.74, 6) is 1.68. The van der Waals surface area contributed by atoms with Gasteiger partial charge in [-0.25, -0.2) is 0 Å². The molecule has 83 heavy (non-hydrogen) atoms. The first-order valence-corrected chi connectivity index (χ1v) is 32.0. The topological polar surface area (TPSA) is 232 Å². The second-order valence-electron chi connectivity index (χ2n) is 22.1. The molecule has 1 aromatic carbocycles. The molecule has 16 nitrogen and oxygen atoms in total. The molecule has 0 aromatic heterocycles. The number of hydrogen-bond acceptors (Lipinski definition) is 15. The van der Waals surface area contributed by atoms with Crippen LogP contribution in [0.2, 0.25) is 0 Å². The number of Topliss-reactive ketones (excluding diaryl/α,β-unsaturated/α-hetero) is 8. The van der Waals surface area contributed by atoms with Gasteiger partial charge in [-0.3, -0.25) is 38.4 Å². The van der Waals surface area contributed by atoms with Gasteiger partial charge < -0.3 is 40.9 Å². The number of likely N-dealkylation sites (N-methyl/N-ethyl adjacent to an activating group) is 4. The van der Waals surface area contributed by atoms with Gasteiger partial charge in [0.1, 0.15) is 46.3 Å². The fourth-order valence-electron chi connectivity index (χ4n) is 8.96. The molecule has 0 aliphatic heterocycles. The van der Waals surface area contributed by atoms with Crippen LogP contribution in [0.25, 0.3) is 0 Å². The van der Waals surface area contributed by atoms with Crippen molar-refractivity contribution in [2.24, 2.45) is 0 Å². The second-order valence-corrected chi connectivity index (χ2v) is 22.1. The molecule has 0 aliphatic carbocycles. The van der Waals surface area contributed by atoms with Crippen molar-refractivity contribution < 1.29 is 52.6 Å². The number of hydrogen-bond donors (Lipinski definition) is 5. The molecule has 16 heteroatoms. The minimum absolute atomic E-state index is 0.00994. The molecular formula is C67H121N5O11. The van der Waals surface area contributed by atoms with Gasteiger partial charge in [0.25, 0.3) is 0 Å². The van der Waals surface area contributed by atoms with Gasteiger partial charge in [0.15, 0.2) is 0 Å². The van der Waals surface area contributed by atoms with Crippen LogP contribution in [0.3, 0.4) is 0 Å². The summed E-state index contributed by atoms with van der Waals surface area (Å²) >= 11 is 0. The molecule has 480 valence electrons. The van der Waals surface area contributed by atoms with Crippen molar-refractivity contribution in [1.82, 2.24) is 26.6 Å². The summed E-state index contributed by atoms with van der Waals surface area (Å²) < 4.78 is 10.8. The molecule has 0 bridgehead atoms. The molecule has 1 rings (SSSR count). The Morgan fingerprint density at radius 2 is 0.723 bits per heavy atom. The van der Waals surface area contributed by atoms with E-state index in [9.17, 15) is 43.2 Å². The van der Waals surface area contributed by atoms with Gasteiger partial charge in [-0.05, 0) is 151 Å². The summed E-state index contributed by atoms with van der Waals surface area (Å²) in [6, 6.07) is 8.00. The van der Waals surface area contributed by atoms with Gasteiger partial charge in [0.2, 0.25) is 5.91 Å². The maximum absolute atomic E-state index is 11.9. The lowest BCUT2D eigenvalue weighted by Crippen LogP contribution is -2.32. The number of ketones is 8. The molecule has 0 saturated carbocycles. The van der Waals surface area contributed by atoms with Crippen molar-refractivity contribution in [3.05, 3.63) is 35.4 Å². The minimum atomic E-state index is -0.0622. The zero-order valence-electron chi connectivity index (χ0n) is 54.6. The maximum Gasteiger partial charge on any atom is 0.224 e. The molecule has 5 N–H and O–H groups in total. The van der Waals surface area contributed by atoms with Crippen molar-refractivity contribution in [2.75, 3.05) is 61.2 Å². The lowest BCUT2D eigenvalue weighted by atomic mass is 10.0. The van der Waals surface area contributed by atoms with E-state index in [1.165, 1.54) is 38.2 Å². The van der Waals surface area contributed by atoms with E-state index in [-0.39, 0.29) is 70.6 Å². The molecule has 0 saturated heterocycles. The van der Waals surface area contributed by atoms with E-state index in [1.54, 1.807) is 41.8 Å². The average Bonchev–Trinajstić information content (AvgIpc) is 3.47. The second kappa shape index (κ2) is 59.5. The predicted octanol–water partition coefficient (Wildman–Crippen LogP) is 11.3. The summed E-state index contributed by atoms with van der Waals surface area (Å²) in [7, 11) is 7.23. The van der Waals surface area contributed by atoms with E-state index in [1.807, 2.05) is 26.2 Å². The highest BCUT2D eigenvalue weighted by molar-refractivity contribution is 5.85. The summed E-state index contributed by atoms with van der Waals surface area (Å²) in [4.78, 5) is 102. The zero-order chi connectivity index (χ0) is 62.9. The third-order valence-electron chi connectivity index (χ3n) is 14.6. The monoisotopic (exact) mass is 1170 g/mol. The van der Waals surface area contributed by atoms with E-state index in [2.05, 4.69) is 59.5 Å². The van der Waals surface area contributed by atoms with Crippen molar-refractivity contribution in [1.29, 1.82) is 0 Å². The number of aryl methyl sites for hydroxylation is 1. The van der Waals surface area contributed by atoms with Gasteiger partial charge in [-0.15, -0.1) is 0 Å². The average molecular weight is 1170 g/mol. The molecule has 0 radical (unpaired) electrons. The van der Waals surface area contributed by atoms with E-state index in [4.69, 9.17) is 9.47 Å². The van der Waals surface area contributed by atoms with Gasteiger partial charge in [0, 0.05) is 58.1 Å². The summed E-state index contributed by atoms with van der Waals surface area (Å²) in [5, 5.41) is 15.0. The number of carbonyl (C=O) groups is 9. The van der Waals surface area contributed by atoms with Crippen LogP contribution >= 0.6 is 0 Å². The van der Waals surface area contributed by atoms with Crippen LogP contribution in [0.1, 0.15) is 253 Å². The number of ether oxygens (including phenoxy) is 2. The van der Waals surface area contributed by atoms with Crippen LogP contribution in [0.4, 0.5) is 0 Å². The Labute approximate surface area is 504 Å². The Kier molecular flexibility index (Phi) is 59.6. The Morgan fingerprint density at radius 3 is 1.10 bits per heavy atom. The molecule has 0 aliphatic rings. The van der Waals surface area contributed by atoms with E-state index < -0.39 is 0 Å². The molecular weight excluding hydrogens is 1050 g/mol. The summed E-state index contributed by atoms with van der Waals surface area (Å²) in [6.45, 7) is 17.5. The first-order valence-electron chi connectivity index (χ1n) is 32.0. The lowest BCUT2D eigenvalue weighted by molar-refractivity contribution is -0.123. The van der Waals surface area contributed by atoms with Gasteiger partial charge in [-0.1, -0.05) is 116 Å². The number of nitrogens with one attached hydrogen (secondary N) is 5. The highest BCUT2D eigenvalue weighted by Gasteiger charge is 2.14. The van der Waals surface area contributed by atoms with E-state index in [0.717, 1.165) is 147 Å². The first-order chi connectivity index (χ1) is 39.8. The SMILES string of the molecule is CCCCCCCC(=O)CCCCCC(NC)C(C)=O.CCCCOCCOCCC(=O)CCCCCC(NC)C(C)=O.CCc1ccc(CC(=O)NCCCCC(NC)C(C)=O)cc1.CNC(CCCCCC(=O)CCC(C)=O)C(C)=O. The molecule has 0 heterocycles. The van der Waals surface area contributed by atoms with E-state index in [0.29, 0.717) is 70.7 Å². The fraction of sp³-hybridized carbons (Fsp3) is 0.776. The highest BCUT2D eigenvalue weighted by atomic mass is 16.5. The van der Waals surface area contributed by atoms with Crippen LogP contribution in [0, 0.1) is 0 Å². The van der Waals surface area contributed by atoms with Crippen LogP contribution < -0.4 is 26.6 Å². The van der Waals surface area contributed by atoms with Crippen molar-refractivity contribution >= 4 is 52.2 Å². The Balaban J connectivity index is -0.00000103. The van der Waals surface area contributed by atoms with Gasteiger partial charge in [-0.2, -0.15) is 0 Å². The third-order valence-corrected chi connectivity index (χ3v) is 14.6. The molecule has 4 atom stereocenters. The van der Waals surface area contributed by atoms with Crippen LogP contribution in [0.5, 0.6) is 0 Å². The Bertz CT molecular complexity index is 1840.